The smallest absolute Gasteiger partial charge is 0.227 e. The minimum absolute atomic E-state index is 0. The molecule has 1 aliphatic rings. The van der Waals surface area contributed by atoms with Gasteiger partial charge in [0.25, 0.3) is 0 Å². The number of hydrogen-bond acceptors (Lipinski definition) is 3. The lowest BCUT2D eigenvalue weighted by atomic mass is 9.89. The van der Waals surface area contributed by atoms with Crippen LogP contribution in [0.5, 0.6) is 0 Å². The van der Waals surface area contributed by atoms with Gasteiger partial charge in [0.2, 0.25) is 5.91 Å². The minimum atomic E-state index is 0. The summed E-state index contributed by atoms with van der Waals surface area (Å²) in [6, 6.07) is 7.97. The Bertz CT molecular complexity index is 667. The topological polar surface area (TPSA) is 74.8 Å². The lowest BCUT2D eigenvalue weighted by Crippen LogP contribution is -2.45. The summed E-state index contributed by atoms with van der Waals surface area (Å²) in [6.07, 6.45) is 4.42. The van der Waals surface area contributed by atoms with Crippen molar-refractivity contribution < 1.29 is 9.53 Å². The molecule has 0 radical (unpaired) electrons. The molecule has 1 aromatic rings. The second-order valence-corrected chi connectivity index (χ2v) is 8.57. The highest BCUT2D eigenvalue weighted by Crippen LogP contribution is 2.26. The number of carbonyl (C=O) groups is 1. The van der Waals surface area contributed by atoms with Gasteiger partial charge in [0.1, 0.15) is 0 Å². The average molecular weight is 516 g/mol. The van der Waals surface area contributed by atoms with Crippen molar-refractivity contribution in [3.05, 3.63) is 29.8 Å². The molecule has 0 aromatic heterocycles. The fraction of sp³-hybridized carbons (Fsp3) is 0.636. The molecule has 1 atom stereocenters. The van der Waals surface area contributed by atoms with Crippen LogP contribution < -0.4 is 16.0 Å². The zero-order valence-corrected chi connectivity index (χ0v) is 20.7. The molecule has 0 aliphatic heterocycles. The second-order valence-electron chi connectivity index (χ2n) is 8.57. The van der Waals surface area contributed by atoms with Crippen molar-refractivity contribution in [1.29, 1.82) is 0 Å². The number of nitrogens with one attached hydrogen (secondary N) is 3. The summed E-state index contributed by atoms with van der Waals surface area (Å²) in [5, 5.41) is 9.71. The Kier molecular flexibility index (Phi) is 11.0. The van der Waals surface area contributed by atoms with E-state index in [9.17, 15) is 4.79 Å². The van der Waals surface area contributed by atoms with Crippen LogP contribution in [0.4, 0.5) is 5.69 Å². The molecule has 0 saturated heterocycles. The van der Waals surface area contributed by atoms with Crippen LogP contribution in [-0.4, -0.2) is 38.7 Å². The van der Waals surface area contributed by atoms with E-state index in [0.29, 0.717) is 13.1 Å². The highest BCUT2D eigenvalue weighted by molar-refractivity contribution is 14.0. The van der Waals surface area contributed by atoms with Gasteiger partial charge in [0, 0.05) is 38.9 Å². The number of amides is 1. The number of benzene rings is 1. The summed E-state index contributed by atoms with van der Waals surface area (Å²) in [5.41, 5.74) is 1.99. The quantitative estimate of drug-likeness (QED) is 0.289. The van der Waals surface area contributed by atoms with Crippen molar-refractivity contribution in [3.63, 3.8) is 0 Å². The molecular weight excluding hydrogens is 479 g/mol. The molecule has 2 rings (SSSR count). The average Bonchev–Trinajstić information content (AvgIpc) is 3.19. The Morgan fingerprint density at radius 3 is 2.52 bits per heavy atom. The molecular formula is C22H37IN4O2. The van der Waals surface area contributed by atoms with Crippen LogP contribution in [0.3, 0.4) is 0 Å². The first-order valence-electron chi connectivity index (χ1n) is 10.2. The fourth-order valence-corrected chi connectivity index (χ4v) is 3.53. The number of aliphatic imine (C=N–C) groups is 1. The standard InChI is InChI=1S/C22H36N4O2.HI/c1-22(2,3)19(28-5)15-25-21(23-4)24-14-16-9-8-12-18(13-16)26-20(27)17-10-6-7-11-17;/h8-9,12-13,17,19H,6-7,10-11,14-15H2,1-5H3,(H,26,27)(H2,23,24,25);1H. The van der Waals surface area contributed by atoms with Crippen molar-refractivity contribution in [1.82, 2.24) is 10.6 Å². The molecule has 6 nitrogen and oxygen atoms in total. The first kappa shape index (κ1) is 25.7. The number of rotatable bonds is 7. The highest BCUT2D eigenvalue weighted by Gasteiger charge is 2.24. The zero-order valence-electron chi connectivity index (χ0n) is 18.4. The predicted molar refractivity (Wildman–Crippen MR) is 131 cm³/mol. The van der Waals surface area contributed by atoms with Gasteiger partial charge in [-0.25, -0.2) is 0 Å². The van der Waals surface area contributed by atoms with Crippen LogP contribution in [0, 0.1) is 11.3 Å². The number of halogens is 1. The van der Waals surface area contributed by atoms with E-state index in [1.807, 2.05) is 24.3 Å². The number of hydrogen-bond donors (Lipinski definition) is 3. The number of ether oxygens (including phenoxy) is 1. The largest absolute Gasteiger partial charge is 0.379 e. The monoisotopic (exact) mass is 516 g/mol. The summed E-state index contributed by atoms with van der Waals surface area (Å²) in [4.78, 5) is 16.6. The minimum Gasteiger partial charge on any atom is -0.379 e. The molecule has 3 N–H and O–H groups in total. The maximum absolute atomic E-state index is 12.3. The summed E-state index contributed by atoms with van der Waals surface area (Å²) >= 11 is 0. The lowest BCUT2D eigenvalue weighted by Gasteiger charge is -2.30. The van der Waals surface area contributed by atoms with Gasteiger partial charge in [-0.2, -0.15) is 0 Å². The van der Waals surface area contributed by atoms with Crippen LogP contribution in [0.15, 0.2) is 29.3 Å². The second kappa shape index (κ2) is 12.4. The molecule has 7 heteroatoms. The molecule has 0 heterocycles. The first-order valence-corrected chi connectivity index (χ1v) is 10.2. The molecule has 1 amide bonds. The molecule has 1 unspecified atom stereocenters. The third-order valence-electron chi connectivity index (χ3n) is 5.31. The zero-order chi connectivity index (χ0) is 20.6. The molecule has 1 fully saturated rings. The third-order valence-corrected chi connectivity index (χ3v) is 5.31. The van der Waals surface area contributed by atoms with E-state index in [-0.39, 0.29) is 47.3 Å². The Morgan fingerprint density at radius 2 is 1.93 bits per heavy atom. The molecule has 29 heavy (non-hydrogen) atoms. The van der Waals surface area contributed by atoms with Gasteiger partial charge in [-0.05, 0) is 36.0 Å². The maximum atomic E-state index is 12.3. The number of nitrogens with zero attached hydrogens (tertiary/aromatic N) is 1. The summed E-state index contributed by atoms with van der Waals surface area (Å²) in [6.45, 7) is 7.77. The van der Waals surface area contributed by atoms with Crippen molar-refractivity contribution in [2.75, 3.05) is 26.0 Å². The van der Waals surface area contributed by atoms with Crippen LogP contribution in [-0.2, 0) is 16.1 Å². The Balaban J connectivity index is 0.00000420. The summed E-state index contributed by atoms with van der Waals surface area (Å²) < 4.78 is 5.58. The van der Waals surface area contributed by atoms with E-state index in [2.05, 4.69) is 41.7 Å². The number of anilines is 1. The molecule has 1 aromatic carbocycles. The number of carbonyl (C=O) groups excluding carboxylic acids is 1. The SMILES string of the molecule is CN=C(NCc1cccc(NC(=O)C2CCCC2)c1)NCC(OC)C(C)(C)C.I. The molecule has 1 saturated carbocycles. The van der Waals surface area contributed by atoms with E-state index >= 15 is 0 Å². The third kappa shape index (κ3) is 8.50. The molecule has 0 bridgehead atoms. The van der Waals surface area contributed by atoms with E-state index in [1.54, 1.807) is 14.2 Å². The van der Waals surface area contributed by atoms with Crippen molar-refractivity contribution >= 4 is 41.5 Å². The van der Waals surface area contributed by atoms with Gasteiger partial charge in [-0.3, -0.25) is 9.79 Å². The van der Waals surface area contributed by atoms with Gasteiger partial charge in [-0.1, -0.05) is 45.7 Å². The number of methoxy groups -OCH3 is 1. The van der Waals surface area contributed by atoms with Gasteiger partial charge in [-0.15, -0.1) is 24.0 Å². The van der Waals surface area contributed by atoms with Gasteiger partial charge in [0.05, 0.1) is 6.10 Å². The maximum Gasteiger partial charge on any atom is 0.227 e. The van der Waals surface area contributed by atoms with Gasteiger partial charge in [0.15, 0.2) is 5.96 Å². The summed E-state index contributed by atoms with van der Waals surface area (Å²) in [7, 11) is 3.49. The van der Waals surface area contributed by atoms with Crippen molar-refractivity contribution in [2.45, 2.75) is 59.1 Å². The lowest BCUT2D eigenvalue weighted by molar-refractivity contribution is -0.119. The van der Waals surface area contributed by atoms with Crippen LogP contribution in [0.2, 0.25) is 0 Å². The van der Waals surface area contributed by atoms with E-state index in [0.717, 1.165) is 42.9 Å². The number of guanidine groups is 1. The molecule has 164 valence electrons. The van der Waals surface area contributed by atoms with Gasteiger partial charge >= 0.3 is 0 Å². The Morgan fingerprint density at radius 1 is 1.24 bits per heavy atom. The predicted octanol–water partition coefficient (Wildman–Crippen LogP) is 4.16. The van der Waals surface area contributed by atoms with Crippen molar-refractivity contribution in [2.24, 2.45) is 16.3 Å². The fourth-order valence-electron chi connectivity index (χ4n) is 3.53. The molecule has 1 aliphatic carbocycles. The molecule has 0 spiro atoms. The Hall–Kier alpha value is -1.35. The van der Waals surface area contributed by atoms with E-state index in [1.165, 1.54) is 0 Å². The van der Waals surface area contributed by atoms with Crippen LogP contribution in [0.1, 0.15) is 52.0 Å². The Labute approximate surface area is 192 Å². The highest BCUT2D eigenvalue weighted by atomic mass is 127. The van der Waals surface area contributed by atoms with E-state index in [4.69, 9.17) is 4.74 Å². The van der Waals surface area contributed by atoms with Crippen LogP contribution >= 0.6 is 24.0 Å². The van der Waals surface area contributed by atoms with Crippen molar-refractivity contribution in [3.8, 4) is 0 Å². The van der Waals surface area contributed by atoms with Crippen LogP contribution in [0.25, 0.3) is 0 Å². The normalized spacial score (nSPS) is 16.1. The first-order chi connectivity index (χ1) is 13.3. The summed E-state index contributed by atoms with van der Waals surface area (Å²) in [5.74, 6) is 1.04. The van der Waals surface area contributed by atoms with E-state index < -0.39 is 0 Å². The van der Waals surface area contributed by atoms with Gasteiger partial charge < -0.3 is 20.7 Å².